The van der Waals surface area contributed by atoms with E-state index >= 15 is 0 Å². The van der Waals surface area contributed by atoms with Crippen molar-refractivity contribution in [3.8, 4) is 0 Å². The highest BCUT2D eigenvalue weighted by molar-refractivity contribution is 6.17. The van der Waals surface area contributed by atoms with Gasteiger partial charge in [0.05, 0.1) is 0 Å². The van der Waals surface area contributed by atoms with E-state index in [1.807, 2.05) is 4.90 Å². The summed E-state index contributed by atoms with van der Waals surface area (Å²) in [6.07, 6.45) is 4.14. The summed E-state index contributed by atoms with van der Waals surface area (Å²) in [5, 5.41) is 0. The topological polar surface area (TPSA) is 20.3 Å². The van der Waals surface area contributed by atoms with Crippen molar-refractivity contribution in [3.05, 3.63) is 0 Å². The van der Waals surface area contributed by atoms with Gasteiger partial charge in [0.1, 0.15) is 0 Å². The highest BCUT2D eigenvalue weighted by Crippen LogP contribution is 2.33. The SMILES string of the molecule is CC(C)N(CCCCl)C(=O)CC1CC1. The van der Waals surface area contributed by atoms with Crippen LogP contribution in [0, 0.1) is 5.92 Å². The maximum absolute atomic E-state index is 11.8. The van der Waals surface area contributed by atoms with Crippen molar-refractivity contribution < 1.29 is 4.79 Å². The van der Waals surface area contributed by atoms with Crippen LogP contribution in [0.2, 0.25) is 0 Å². The lowest BCUT2D eigenvalue weighted by atomic mass is 10.2. The molecule has 0 N–H and O–H groups in total. The largest absolute Gasteiger partial charge is 0.340 e. The third kappa shape index (κ3) is 3.87. The van der Waals surface area contributed by atoms with Crippen LogP contribution in [0.25, 0.3) is 0 Å². The normalized spacial score (nSPS) is 16.0. The Labute approximate surface area is 91.6 Å². The predicted octanol–water partition coefficient (Wildman–Crippen LogP) is 2.65. The van der Waals surface area contributed by atoms with E-state index in [9.17, 15) is 4.79 Å². The number of hydrogen-bond acceptors (Lipinski definition) is 1. The molecule has 1 saturated carbocycles. The van der Waals surface area contributed by atoms with Gasteiger partial charge in [-0.3, -0.25) is 4.79 Å². The summed E-state index contributed by atoms with van der Waals surface area (Å²) in [5.41, 5.74) is 0. The molecular formula is C11H20ClNO. The van der Waals surface area contributed by atoms with E-state index in [0.29, 0.717) is 23.7 Å². The average Bonchev–Trinajstić information content (AvgIpc) is 2.88. The van der Waals surface area contributed by atoms with Gasteiger partial charge in [0.2, 0.25) is 5.91 Å². The summed E-state index contributed by atoms with van der Waals surface area (Å²) in [6.45, 7) is 4.95. The first kappa shape index (κ1) is 11.8. The molecule has 14 heavy (non-hydrogen) atoms. The highest BCUT2D eigenvalue weighted by atomic mass is 35.5. The van der Waals surface area contributed by atoms with E-state index in [1.54, 1.807) is 0 Å². The molecule has 1 aliphatic carbocycles. The van der Waals surface area contributed by atoms with Crippen molar-refractivity contribution in [1.29, 1.82) is 0 Å². The summed E-state index contributed by atoms with van der Waals surface area (Å²) in [7, 11) is 0. The number of alkyl halides is 1. The van der Waals surface area contributed by atoms with E-state index in [2.05, 4.69) is 13.8 Å². The number of halogens is 1. The van der Waals surface area contributed by atoms with Gasteiger partial charge in [-0.25, -0.2) is 0 Å². The third-order valence-corrected chi connectivity index (χ3v) is 2.90. The lowest BCUT2D eigenvalue weighted by molar-refractivity contribution is -0.133. The predicted molar refractivity (Wildman–Crippen MR) is 59.5 cm³/mol. The van der Waals surface area contributed by atoms with E-state index < -0.39 is 0 Å². The fourth-order valence-corrected chi connectivity index (χ4v) is 1.71. The first-order valence-corrected chi connectivity index (χ1v) is 6.04. The lowest BCUT2D eigenvalue weighted by Gasteiger charge is -2.26. The quantitative estimate of drug-likeness (QED) is 0.627. The zero-order valence-electron chi connectivity index (χ0n) is 9.13. The maximum Gasteiger partial charge on any atom is 0.223 e. The summed E-state index contributed by atoms with van der Waals surface area (Å²) in [4.78, 5) is 13.8. The Morgan fingerprint density at radius 3 is 2.57 bits per heavy atom. The second-order valence-corrected chi connectivity index (χ2v) is 4.75. The summed E-state index contributed by atoms with van der Waals surface area (Å²) < 4.78 is 0. The van der Waals surface area contributed by atoms with E-state index in [4.69, 9.17) is 11.6 Å². The van der Waals surface area contributed by atoms with Gasteiger partial charge >= 0.3 is 0 Å². The molecule has 1 aliphatic rings. The second kappa shape index (κ2) is 5.59. The van der Waals surface area contributed by atoms with Crippen LogP contribution in [-0.2, 0) is 4.79 Å². The zero-order valence-corrected chi connectivity index (χ0v) is 9.89. The minimum atomic E-state index is 0.310. The number of amides is 1. The van der Waals surface area contributed by atoms with Crippen molar-refractivity contribution in [2.45, 2.75) is 45.6 Å². The fourth-order valence-electron chi connectivity index (χ4n) is 1.59. The standard InChI is InChI=1S/C11H20ClNO/c1-9(2)13(7-3-6-12)11(14)8-10-4-5-10/h9-10H,3-8H2,1-2H3. The Bertz CT molecular complexity index is 190. The molecule has 0 aromatic carbocycles. The molecule has 0 atom stereocenters. The van der Waals surface area contributed by atoms with Gasteiger partial charge in [-0.15, -0.1) is 11.6 Å². The molecule has 0 bridgehead atoms. The molecule has 2 nitrogen and oxygen atoms in total. The molecule has 0 aromatic rings. The third-order valence-electron chi connectivity index (χ3n) is 2.64. The molecule has 0 aromatic heterocycles. The molecule has 3 heteroatoms. The Morgan fingerprint density at radius 1 is 1.50 bits per heavy atom. The highest BCUT2D eigenvalue weighted by Gasteiger charge is 2.27. The average molecular weight is 218 g/mol. The minimum absolute atomic E-state index is 0.310. The Kier molecular flexibility index (Phi) is 4.73. The van der Waals surface area contributed by atoms with Gasteiger partial charge in [0.15, 0.2) is 0 Å². The molecule has 1 rings (SSSR count). The van der Waals surface area contributed by atoms with Gasteiger partial charge in [0, 0.05) is 24.9 Å². The smallest absolute Gasteiger partial charge is 0.223 e. The van der Waals surface area contributed by atoms with E-state index in [-0.39, 0.29) is 0 Å². The second-order valence-electron chi connectivity index (χ2n) is 4.37. The summed E-state index contributed by atoms with van der Waals surface area (Å²) >= 11 is 5.64. The van der Waals surface area contributed by atoms with Gasteiger partial charge in [-0.1, -0.05) is 0 Å². The number of nitrogens with zero attached hydrogens (tertiary/aromatic N) is 1. The lowest BCUT2D eigenvalue weighted by Crippen LogP contribution is -2.38. The van der Waals surface area contributed by atoms with Crippen molar-refractivity contribution in [1.82, 2.24) is 4.90 Å². The van der Waals surface area contributed by atoms with Crippen LogP contribution in [-0.4, -0.2) is 29.3 Å². The molecule has 0 radical (unpaired) electrons. The molecule has 82 valence electrons. The van der Waals surface area contributed by atoms with Crippen LogP contribution >= 0.6 is 11.6 Å². The first-order chi connectivity index (χ1) is 6.65. The molecule has 0 spiro atoms. The molecular weight excluding hydrogens is 198 g/mol. The molecule has 0 aliphatic heterocycles. The Morgan fingerprint density at radius 2 is 2.14 bits per heavy atom. The summed E-state index contributed by atoms with van der Waals surface area (Å²) in [5.74, 6) is 1.63. The van der Waals surface area contributed by atoms with Crippen molar-refractivity contribution in [2.75, 3.05) is 12.4 Å². The Hall–Kier alpha value is -0.240. The van der Waals surface area contributed by atoms with E-state index in [1.165, 1.54) is 12.8 Å². The van der Waals surface area contributed by atoms with Crippen LogP contribution in [0.3, 0.4) is 0 Å². The monoisotopic (exact) mass is 217 g/mol. The molecule has 0 unspecified atom stereocenters. The number of rotatable bonds is 6. The van der Waals surface area contributed by atoms with Crippen LogP contribution < -0.4 is 0 Å². The van der Waals surface area contributed by atoms with Crippen LogP contribution in [0.5, 0.6) is 0 Å². The van der Waals surface area contributed by atoms with Gasteiger partial charge in [-0.2, -0.15) is 0 Å². The van der Waals surface area contributed by atoms with Crippen LogP contribution in [0.4, 0.5) is 0 Å². The molecule has 0 heterocycles. The van der Waals surface area contributed by atoms with Gasteiger partial charge < -0.3 is 4.90 Å². The minimum Gasteiger partial charge on any atom is -0.340 e. The van der Waals surface area contributed by atoms with Crippen molar-refractivity contribution >= 4 is 17.5 Å². The summed E-state index contributed by atoms with van der Waals surface area (Å²) in [6, 6.07) is 0.310. The van der Waals surface area contributed by atoms with Crippen LogP contribution in [0.15, 0.2) is 0 Å². The van der Waals surface area contributed by atoms with E-state index in [0.717, 1.165) is 19.4 Å². The maximum atomic E-state index is 11.8. The van der Waals surface area contributed by atoms with Crippen molar-refractivity contribution in [3.63, 3.8) is 0 Å². The molecule has 1 amide bonds. The van der Waals surface area contributed by atoms with Gasteiger partial charge in [0.25, 0.3) is 0 Å². The number of carbonyl (C=O) groups excluding carboxylic acids is 1. The molecule has 0 saturated heterocycles. The van der Waals surface area contributed by atoms with Crippen LogP contribution in [0.1, 0.15) is 39.5 Å². The molecule has 1 fully saturated rings. The Balaban J connectivity index is 2.34. The number of carbonyl (C=O) groups is 1. The fraction of sp³-hybridized carbons (Fsp3) is 0.909. The zero-order chi connectivity index (χ0) is 10.6. The van der Waals surface area contributed by atoms with Gasteiger partial charge in [-0.05, 0) is 39.0 Å². The number of hydrogen-bond donors (Lipinski definition) is 0. The van der Waals surface area contributed by atoms with Crippen molar-refractivity contribution in [2.24, 2.45) is 5.92 Å². The first-order valence-electron chi connectivity index (χ1n) is 5.50.